The van der Waals surface area contributed by atoms with E-state index in [1.807, 2.05) is 23.6 Å². The van der Waals surface area contributed by atoms with Gasteiger partial charge in [-0.3, -0.25) is 4.79 Å². The molecule has 0 spiro atoms. The van der Waals surface area contributed by atoms with E-state index in [2.05, 4.69) is 15.6 Å². The smallest absolute Gasteiger partial charge is 0.230 e. The molecule has 2 aromatic heterocycles. The Bertz CT molecular complexity index is 836. The summed E-state index contributed by atoms with van der Waals surface area (Å²) in [7, 11) is 0. The molecular formula is C17H13Cl2N3OS. The van der Waals surface area contributed by atoms with Crippen LogP contribution >= 0.6 is 34.5 Å². The number of anilines is 3. The first-order valence-corrected chi connectivity index (χ1v) is 8.74. The highest BCUT2D eigenvalue weighted by molar-refractivity contribution is 7.10. The number of carbonyl (C=O) groups excluding carboxylic acids is 1. The monoisotopic (exact) mass is 377 g/mol. The van der Waals surface area contributed by atoms with Crippen LogP contribution in [0.4, 0.5) is 17.2 Å². The highest BCUT2D eigenvalue weighted by Gasteiger charge is 2.06. The average molecular weight is 378 g/mol. The fourth-order valence-electron chi connectivity index (χ4n) is 2.05. The van der Waals surface area contributed by atoms with E-state index in [4.69, 9.17) is 23.2 Å². The maximum Gasteiger partial charge on any atom is 0.230 e. The first-order chi connectivity index (χ1) is 11.6. The maximum atomic E-state index is 11.9. The van der Waals surface area contributed by atoms with E-state index < -0.39 is 0 Å². The van der Waals surface area contributed by atoms with Crippen LogP contribution in [0.1, 0.15) is 4.88 Å². The van der Waals surface area contributed by atoms with Crippen LogP contribution < -0.4 is 10.6 Å². The van der Waals surface area contributed by atoms with Gasteiger partial charge in [0.25, 0.3) is 0 Å². The van der Waals surface area contributed by atoms with Crippen LogP contribution in [0.3, 0.4) is 0 Å². The zero-order valence-electron chi connectivity index (χ0n) is 12.4. The number of hydrogen-bond donors (Lipinski definition) is 2. The fourth-order valence-corrected chi connectivity index (χ4v) is 3.21. The summed E-state index contributed by atoms with van der Waals surface area (Å²) in [5.74, 6) is 0.413. The minimum Gasteiger partial charge on any atom is -0.353 e. The van der Waals surface area contributed by atoms with Crippen molar-refractivity contribution in [1.29, 1.82) is 0 Å². The Morgan fingerprint density at radius 2 is 2.04 bits per heavy atom. The number of carbonyl (C=O) groups is 1. The molecule has 1 aromatic carbocycles. The molecule has 3 rings (SSSR count). The Labute approximate surface area is 153 Å². The van der Waals surface area contributed by atoms with Crippen molar-refractivity contribution in [2.75, 3.05) is 10.6 Å². The zero-order chi connectivity index (χ0) is 16.9. The second kappa shape index (κ2) is 7.66. The Morgan fingerprint density at radius 3 is 2.71 bits per heavy atom. The number of pyridine rings is 1. The minimum atomic E-state index is -0.0913. The second-order valence-corrected chi connectivity index (χ2v) is 6.86. The van der Waals surface area contributed by atoms with Gasteiger partial charge in [-0.25, -0.2) is 4.98 Å². The van der Waals surface area contributed by atoms with E-state index in [-0.39, 0.29) is 5.91 Å². The standard InChI is InChI=1S/C17H13Cl2N3OS/c18-11-3-5-15(14(19)8-11)21-12-4-6-16(20-10-12)22-17(23)9-13-2-1-7-24-13/h1-8,10,21H,9H2,(H,20,22,23). The summed E-state index contributed by atoms with van der Waals surface area (Å²) in [5.41, 5.74) is 1.49. The van der Waals surface area contributed by atoms with Gasteiger partial charge in [0.15, 0.2) is 0 Å². The Kier molecular flexibility index (Phi) is 5.35. The summed E-state index contributed by atoms with van der Waals surface area (Å²) < 4.78 is 0. The number of halogens is 2. The lowest BCUT2D eigenvalue weighted by molar-refractivity contribution is -0.115. The van der Waals surface area contributed by atoms with Crippen LogP contribution in [0, 0.1) is 0 Å². The Morgan fingerprint density at radius 1 is 1.17 bits per heavy atom. The van der Waals surface area contributed by atoms with Crippen LogP contribution in [0.25, 0.3) is 0 Å². The molecule has 0 aliphatic carbocycles. The molecule has 24 heavy (non-hydrogen) atoms. The predicted octanol–water partition coefficient (Wildman–Crippen LogP) is 5.37. The van der Waals surface area contributed by atoms with E-state index >= 15 is 0 Å². The molecule has 3 aromatic rings. The number of thiophene rings is 1. The molecule has 0 aliphatic heterocycles. The number of nitrogens with one attached hydrogen (secondary N) is 2. The van der Waals surface area contributed by atoms with Gasteiger partial charge in [-0.1, -0.05) is 29.3 Å². The molecule has 2 heterocycles. The zero-order valence-corrected chi connectivity index (χ0v) is 14.8. The molecule has 0 aliphatic rings. The van der Waals surface area contributed by atoms with E-state index in [0.29, 0.717) is 22.3 Å². The molecule has 1 amide bonds. The molecule has 0 atom stereocenters. The number of hydrogen-bond acceptors (Lipinski definition) is 4. The van der Waals surface area contributed by atoms with Crippen LogP contribution in [-0.4, -0.2) is 10.9 Å². The first kappa shape index (κ1) is 16.8. The summed E-state index contributed by atoms with van der Waals surface area (Å²) in [6, 6.07) is 12.6. The average Bonchev–Trinajstić information content (AvgIpc) is 3.04. The molecule has 7 heteroatoms. The van der Waals surface area contributed by atoms with Gasteiger partial charge in [0, 0.05) is 9.90 Å². The van der Waals surface area contributed by atoms with Crippen molar-refractivity contribution in [3.05, 3.63) is 69.0 Å². The number of benzene rings is 1. The molecule has 122 valence electrons. The molecule has 0 bridgehead atoms. The summed E-state index contributed by atoms with van der Waals surface area (Å²) >= 11 is 13.6. The molecule has 0 radical (unpaired) electrons. The van der Waals surface area contributed by atoms with Crippen molar-refractivity contribution in [3.63, 3.8) is 0 Å². The van der Waals surface area contributed by atoms with E-state index in [1.54, 1.807) is 41.8 Å². The van der Waals surface area contributed by atoms with Crippen molar-refractivity contribution in [3.8, 4) is 0 Å². The second-order valence-electron chi connectivity index (χ2n) is 4.99. The fraction of sp³-hybridized carbons (Fsp3) is 0.0588. The third kappa shape index (κ3) is 4.47. The topological polar surface area (TPSA) is 54.0 Å². The van der Waals surface area contributed by atoms with E-state index in [1.165, 1.54) is 0 Å². The van der Waals surface area contributed by atoms with Crippen molar-refractivity contribution in [2.24, 2.45) is 0 Å². The highest BCUT2D eigenvalue weighted by atomic mass is 35.5. The first-order valence-electron chi connectivity index (χ1n) is 7.10. The lowest BCUT2D eigenvalue weighted by Gasteiger charge is -2.09. The van der Waals surface area contributed by atoms with Gasteiger partial charge in [0.2, 0.25) is 5.91 Å². The summed E-state index contributed by atoms with van der Waals surface area (Å²) in [4.78, 5) is 17.2. The molecule has 0 fully saturated rings. The van der Waals surface area contributed by atoms with Crippen molar-refractivity contribution < 1.29 is 4.79 Å². The van der Waals surface area contributed by atoms with Crippen LogP contribution in [0.2, 0.25) is 10.0 Å². The normalized spacial score (nSPS) is 10.4. The van der Waals surface area contributed by atoms with Gasteiger partial charge in [-0.05, 0) is 41.8 Å². The molecule has 0 unspecified atom stereocenters. The van der Waals surface area contributed by atoms with Gasteiger partial charge >= 0.3 is 0 Å². The van der Waals surface area contributed by atoms with E-state index in [9.17, 15) is 4.79 Å². The summed E-state index contributed by atoms with van der Waals surface area (Å²) in [6.45, 7) is 0. The van der Waals surface area contributed by atoms with Gasteiger partial charge in [0.1, 0.15) is 5.82 Å². The van der Waals surface area contributed by atoms with Crippen molar-refractivity contribution in [1.82, 2.24) is 4.98 Å². The quantitative estimate of drug-likeness (QED) is 0.627. The molecule has 0 saturated heterocycles. The predicted molar refractivity (Wildman–Crippen MR) is 101 cm³/mol. The van der Waals surface area contributed by atoms with Crippen LogP contribution in [0.15, 0.2) is 54.0 Å². The molecule has 2 N–H and O–H groups in total. The lowest BCUT2D eigenvalue weighted by atomic mass is 10.3. The SMILES string of the molecule is O=C(Cc1cccs1)Nc1ccc(Nc2ccc(Cl)cc2Cl)cn1. The van der Waals surface area contributed by atoms with Crippen molar-refractivity contribution >= 4 is 57.6 Å². The largest absolute Gasteiger partial charge is 0.353 e. The van der Waals surface area contributed by atoms with Crippen LogP contribution in [-0.2, 0) is 11.2 Å². The summed E-state index contributed by atoms with van der Waals surface area (Å²) in [6.07, 6.45) is 1.98. The number of aromatic nitrogens is 1. The number of amides is 1. The Hall–Kier alpha value is -2.08. The number of nitrogens with zero attached hydrogens (tertiary/aromatic N) is 1. The molecular weight excluding hydrogens is 365 g/mol. The molecule has 4 nitrogen and oxygen atoms in total. The highest BCUT2D eigenvalue weighted by Crippen LogP contribution is 2.28. The lowest BCUT2D eigenvalue weighted by Crippen LogP contribution is -2.14. The Balaban J connectivity index is 1.61. The van der Waals surface area contributed by atoms with Gasteiger partial charge in [-0.15, -0.1) is 11.3 Å². The van der Waals surface area contributed by atoms with Gasteiger partial charge < -0.3 is 10.6 Å². The van der Waals surface area contributed by atoms with Crippen LogP contribution in [0.5, 0.6) is 0 Å². The third-order valence-electron chi connectivity index (χ3n) is 3.16. The minimum absolute atomic E-state index is 0.0913. The van der Waals surface area contributed by atoms with Gasteiger partial charge in [-0.2, -0.15) is 0 Å². The van der Waals surface area contributed by atoms with Gasteiger partial charge in [0.05, 0.1) is 29.0 Å². The summed E-state index contributed by atoms with van der Waals surface area (Å²) in [5, 5.41) is 8.98. The third-order valence-corrected chi connectivity index (χ3v) is 4.58. The molecule has 0 saturated carbocycles. The maximum absolute atomic E-state index is 11.9. The van der Waals surface area contributed by atoms with Crippen molar-refractivity contribution in [2.45, 2.75) is 6.42 Å². The van der Waals surface area contributed by atoms with E-state index in [0.717, 1.165) is 16.3 Å². The number of rotatable bonds is 5.